The van der Waals surface area contributed by atoms with Crippen molar-refractivity contribution in [2.24, 2.45) is 0 Å². The van der Waals surface area contributed by atoms with E-state index in [0.717, 1.165) is 5.56 Å². The van der Waals surface area contributed by atoms with Crippen molar-refractivity contribution >= 4 is 40.5 Å². The molecule has 19 heavy (non-hydrogen) atoms. The number of hydrogen-bond acceptors (Lipinski definition) is 4. The Morgan fingerprint density at radius 2 is 2.05 bits per heavy atom. The van der Waals surface area contributed by atoms with Crippen molar-refractivity contribution in [3.05, 3.63) is 46.0 Å². The first kappa shape index (κ1) is 13.6. The van der Waals surface area contributed by atoms with E-state index in [1.54, 1.807) is 12.3 Å². The molecule has 2 rings (SSSR count). The van der Waals surface area contributed by atoms with Crippen LogP contribution in [0.25, 0.3) is 0 Å². The molecule has 2 heterocycles. The maximum atomic E-state index is 12.1. The van der Waals surface area contributed by atoms with E-state index in [0.29, 0.717) is 11.4 Å². The maximum absolute atomic E-state index is 12.1. The van der Waals surface area contributed by atoms with E-state index in [1.165, 1.54) is 12.3 Å². The molecule has 98 valence electrons. The summed E-state index contributed by atoms with van der Waals surface area (Å²) < 4.78 is 0. The van der Waals surface area contributed by atoms with Gasteiger partial charge in [-0.3, -0.25) is 4.79 Å². The zero-order chi connectivity index (χ0) is 14.0. The first-order valence-electron chi connectivity index (χ1n) is 5.32. The van der Waals surface area contributed by atoms with Gasteiger partial charge in [-0.2, -0.15) is 0 Å². The molecule has 0 aliphatic carbocycles. The van der Waals surface area contributed by atoms with Gasteiger partial charge in [0.05, 0.1) is 23.1 Å². The number of aryl methyl sites for hydroxylation is 1. The van der Waals surface area contributed by atoms with Gasteiger partial charge in [0.2, 0.25) is 0 Å². The number of carbonyl (C=O) groups excluding carboxylic acids is 1. The summed E-state index contributed by atoms with van der Waals surface area (Å²) in [4.78, 5) is 19.8. The normalized spacial score (nSPS) is 10.3. The van der Waals surface area contributed by atoms with Gasteiger partial charge in [0.15, 0.2) is 5.15 Å². The highest BCUT2D eigenvalue weighted by atomic mass is 35.5. The van der Waals surface area contributed by atoms with E-state index >= 15 is 0 Å². The van der Waals surface area contributed by atoms with Crippen molar-refractivity contribution in [2.45, 2.75) is 6.92 Å². The molecule has 0 spiro atoms. The van der Waals surface area contributed by atoms with Crippen LogP contribution in [-0.2, 0) is 0 Å². The molecule has 0 atom stereocenters. The smallest absolute Gasteiger partial charge is 0.258 e. The molecule has 0 aliphatic rings. The second kappa shape index (κ2) is 5.42. The minimum Gasteiger partial charge on any atom is -0.397 e. The molecule has 1 amide bonds. The third kappa shape index (κ3) is 2.94. The summed E-state index contributed by atoms with van der Waals surface area (Å²) in [5.41, 5.74) is 7.34. The first-order chi connectivity index (χ1) is 8.99. The SMILES string of the molecule is Cc1ccnc(Cl)c1NC(=O)c1cc(N)cnc1Cl. The number of anilines is 2. The van der Waals surface area contributed by atoms with Crippen LogP contribution in [0.4, 0.5) is 11.4 Å². The number of pyridine rings is 2. The lowest BCUT2D eigenvalue weighted by Gasteiger charge is -2.10. The number of rotatable bonds is 2. The molecule has 0 unspecified atom stereocenters. The van der Waals surface area contributed by atoms with Gasteiger partial charge in [-0.15, -0.1) is 0 Å². The summed E-state index contributed by atoms with van der Waals surface area (Å²) in [5.74, 6) is -0.442. The average Bonchev–Trinajstić information content (AvgIpc) is 2.37. The fraction of sp³-hybridized carbons (Fsp3) is 0.0833. The number of nitrogens with one attached hydrogen (secondary N) is 1. The van der Waals surface area contributed by atoms with E-state index in [2.05, 4.69) is 15.3 Å². The molecule has 2 aromatic rings. The minimum atomic E-state index is -0.442. The lowest BCUT2D eigenvalue weighted by Crippen LogP contribution is -2.15. The van der Waals surface area contributed by atoms with Gasteiger partial charge in [0, 0.05) is 6.20 Å². The molecule has 0 radical (unpaired) electrons. The van der Waals surface area contributed by atoms with Crippen LogP contribution in [0, 0.1) is 6.92 Å². The molecule has 2 aromatic heterocycles. The molecule has 0 saturated heterocycles. The maximum Gasteiger partial charge on any atom is 0.258 e. The standard InChI is InChI=1S/C12H10Cl2N4O/c1-6-2-3-16-11(14)9(6)18-12(19)8-4-7(15)5-17-10(8)13/h2-5H,15H2,1H3,(H,18,19). The number of halogens is 2. The molecule has 0 fully saturated rings. The van der Waals surface area contributed by atoms with E-state index in [4.69, 9.17) is 28.9 Å². The zero-order valence-electron chi connectivity index (χ0n) is 9.95. The topological polar surface area (TPSA) is 80.9 Å². The van der Waals surface area contributed by atoms with E-state index in [-0.39, 0.29) is 15.9 Å². The summed E-state index contributed by atoms with van der Waals surface area (Å²) >= 11 is 11.8. The average molecular weight is 297 g/mol. The fourth-order valence-electron chi connectivity index (χ4n) is 1.48. The summed E-state index contributed by atoms with van der Waals surface area (Å²) in [6.45, 7) is 1.81. The number of hydrogen-bond donors (Lipinski definition) is 2. The Balaban J connectivity index is 2.34. The van der Waals surface area contributed by atoms with Crippen molar-refractivity contribution in [1.82, 2.24) is 9.97 Å². The van der Waals surface area contributed by atoms with Crippen LogP contribution in [0.5, 0.6) is 0 Å². The Bertz CT molecular complexity index is 625. The highest BCUT2D eigenvalue weighted by Gasteiger charge is 2.15. The number of aromatic nitrogens is 2. The van der Waals surface area contributed by atoms with Gasteiger partial charge in [0.1, 0.15) is 5.15 Å². The van der Waals surface area contributed by atoms with E-state index in [9.17, 15) is 4.79 Å². The number of nitrogen functional groups attached to an aromatic ring is 1. The second-order valence-electron chi connectivity index (χ2n) is 3.85. The molecule has 0 saturated carbocycles. The summed E-state index contributed by atoms with van der Waals surface area (Å²) in [7, 11) is 0. The fourth-order valence-corrected chi connectivity index (χ4v) is 1.92. The predicted molar refractivity (Wildman–Crippen MR) is 75.6 cm³/mol. The van der Waals surface area contributed by atoms with Gasteiger partial charge in [-0.1, -0.05) is 23.2 Å². The summed E-state index contributed by atoms with van der Waals surface area (Å²) in [6.07, 6.45) is 2.93. The van der Waals surface area contributed by atoms with Crippen molar-refractivity contribution in [1.29, 1.82) is 0 Å². The predicted octanol–water partition coefficient (Wildman–Crippen LogP) is 2.93. The van der Waals surface area contributed by atoms with Crippen LogP contribution in [0.2, 0.25) is 10.3 Å². The zero-order valence-corrected chi connectivity index (χ0v) is 11.5. The minimum absolute atomic E-state index is 0.0735. The van der Waals surface area contributed by atoms with E-state index in [1.807, 2.05) is 6.92 Å². The third-order valence-electron chi connectivity index (χ3n) is 2.46. The number of nitrogens with zero attached hydrogens (tertiary/aromatic N) is 2. The third-order valence-corrected chi connectivity index (χ3v) is 3.04. The first-order valence-corrected chi connectivity index (χ1v) is 6.08. The van der Waals surface area contributed by atoms with Gasteiger partial charge in [-0.05, 0) is 24.6 Å². The summed E-state index contributed by atoms with van der Waals surface area (Å²) in [6, 6.07) is 3.19. The van der Waals surface area contributed by atoms with Gasteiger partial charge < -0.3 is 11.1 Å². The Morgan fingerprint density at radius 3 is 2.74 bits per heavy atom. The highest BCUT2D eigenvalue weighted by molar-refractivity contribution is 6.35. The molecule has 0 bridgehead atoms. The van der Waals surface area contributed by atoms with Gasteiger partial charge in [-0.25, -0.2) is 9.97 Å². The van der Waals surface area contributed by atoms with Gasteiger partial charge >= 0.3 is 0 Å². The van der Waals surface area contributed by atoms with E-state index < -0.39 is 5.91 Å². The quantitative estimate of drug-likeness (QED) is 0.835. The van der Waals surface area contributed by atoms with Crippen LogP contribution in [-0.4, -0.2) is 15.9 Å². The molecular weight excluding hydrogens is 287 g/mol. The van der Waals surface area contributed by atoms with Gasteiger partial charge in [0.25, 0.3) is 5.91 Å². The molecule has 7 heteroatoms. The highest BCUT2D eigenvalue weighted by Crippen LogP contribution is 2.24. The Labute approximate surface area is 119 Å². The van der Waals surface area contributed by atoms with Crippen LogP contribution in [0.15, 0.2) is 24.5 Å². The Kier molecular flexibility index (Phi) is 3.87. The molecule has 0 aromatic carbocycles. The van der Waals surface area contributed by atoms with Crippen molar-refractivity contribution in [3.63, 3.8) is 0 Å². The lowest BCUT2D eigenvalue weighted by molar-refractivity contribution is 0.102. The monoisotopic (exact) mass is 296 g/mol. The summed E-state index contributed by atoms with van der Waals surface area (Å²) in [5, 5.41) is 2.93. The Morgan fingerprint density at radius 1 is 1.32 bits per heavy atom. The lowest BCUT2D eigenvalue weighted by atomic mass is 10.2. The number of carbonyl (C=O) groups is 1. The van der Waals surface area contributed by atoms with Crippen LogP contribution in [0.1, 0.15) is 15.9 Å². The molecule has 5 nitrogen and oxygen atoms in total. The number of nitrogens with two attached hydrogens (primary N) is 1. The van der Waals surface area contributed by atoms with Crippen molar-refractivity contribution < 1.29 is 4.79 Å². The van der Waals surface area contributed by atoms with Crippen LogP contribution < -0.4 is 11.1 Å². The van der Waals surface area contributed by atoms with Crippen LogP contribution >= 0.6 is 23.2 Å². The van der Waals surface area contributed by atoms with Crippen molar-refractivity contribution in [2.75, 3.05) is 11.1 Å². The largest absolute Gasteiger partial charge is 0.397 e. The second-order valence-corrected chi connectivity index (χ2v) is 4.57. The number of amides is 1. The van der Waals surface area contributed by atoms with Crippen molar-refractivity contribution in [3.8, 4) is 0 Å². The van der Waals surface area contributed by atoms with Crippen LogP contribution in [0.3, 0.4) is 0 Å². The molecule has 0 aliphatic heterocycles. The Hall–Kier alpha value is -1.85. The molecule has 3 N–H and O–H groups in total. The molecular formula is C12H10Cl2N4O.